The van der Waals surface area contributed by atoms with Crippen molar-refractivity contribution in [3.8, 4) is 0 Å². The van der Waals surface area contributed by atoms with E-state index in [1.165, 1.54) is 5.69 Å². The maximum Gasteiger partial charge on any atom is 0.0989 e. The molecular weight excluding hydrogens is 160 g/mol. The smallest absolute Gasteiger partial charge is 0.0989 e. The number of nitrogens with zero attached hydrogens (tertiary/aromatic N) is 2. The summed E-state index contributed by atoms with van der Waals surface area (Å²) in [7, 11) is 0. The summed E-state index contributed by atoms with van der Waals surface area (Å²) in [5.41, 5.74) is 1.29. The Morgan fingerprint density at radius 3 is 2.92 bits per heavy atom. The second-order valence-corrected chi connectivity index (χ2v) is 3.68. The van der Waals surface area contributed by atoms with Crippen LogP contribution in [-0.2, 0) is 6.42 Å². The largest absolute Gasteiger partial charge is 0.310 e. The molecule has 0 radical (unpaired) electrons. The van der Waals surface area contributed by atoms with Crippen molar-refractivity contribution in [2.24, 2.45) is 5.92 Å². The molecule has 0 saturated heterocycles. The van der Waals surface area contributed by atoms with E-state index in [1.54, 1.807) is 0 Å². The van der Waals surface area contributed by atoms with Crippen LogP contribution in [0.1, 0.15) is 32.9 Å². The highest BCUT2D eigenvalue weighted by Crippen LogP contribution is 2.07. The van der Waals surface area contributed by atoms with Crippen molar-refractivity contribution in [1.29, 1.82) is 0 Å². The molecule has 72 valence electrons. The Hall–Kier alpha value is -1.05. The number of imidazole rings is 1. The molecule has 0 fully saturated rings. The number of allylic oxidation sites excluding steroid dienone is 1. The van der Waals surface area contributed by atoms with Crippen LogP contribution in [0.15, 0.2) is 18.6 Å². The van der Waals surface area contributed by atoms with Gasteiger partial charge in [0.25, 0.3) is 0 Å². The van der Waals surface area contributed by atoms with Crippen molar-refractivity contribution in [3.05, 3.63) is 24.3 Å². The lowest BCUT2D eigenvalue weighted by Crippen LogP contribution is -1.99. The molecule has 0 aliphatic carbocycles. The minimum absolute atomic E-state index is 0.686. The van der Waals surface area contributed by atoms with Gasteiger partial charge < -0.3 is 4.57 Å². The van der Waals surface area contributed by atoms with Gasteiger partial charge in [0.1, 0.15) is 0 Å². The third kappa shape index (κ3) is 3.05. The van der Waals surface area contributed by atoms with E-state index in [0.717, 1.165) is 12.8 Å². The normalized spacial score (nSPS) is 11.7. The zero-order chi connectivity index (χ0) is 9.68. The maximum atomic E-state index is 4.14. The summed E-state index contributed by atoms with van der Waals surface area (Å²) >= 11 is 0. The van der Waals surface area contributed by atoms with Gasteiger partial charge >= 0.3 is 0 Å². The SMILES string of the molecule is CC/C=C/n1cncc1CC(C)C. The highest BCUT2D eigenvalue weighted by molar-refractivity contribution is 5.25. The Balaban J connectivity index is 2.71. The average molecular weight is 178 g/mol. The fraction of sp³-hybridized carbons (Fsp3) is 0.545. The number of rotatable bonds is 4. The molecule has 1 rings (SSSR count). The number of aromatic nitrogens is 2. The molecule has 1 aromatic heterocycles. The lowest BCUT2D eigenvalue weighted by atomic mass is 10.1. The Bertz CT molecular complexity index is 271. The van der Waals surface area contributed by atoms with Crippen molar-refractivity contribution in [2.75, 3.05) is 0 Å². The van der Waals surface area contributed by atoms with Gasteiger partial charge in [-0.3, -0.25) is 0 Å². The first-order valence-corrected chi connectivity index (χ1v) is 4.91. The van der Waals surface area contributed by atoms with Gasteiger partial charge in [-0.05, 0) is 18.8 Å². The molecule has 0 aliphatic heterocycles. The second kappa shape index (κ2) is 4.85. The molecule has 0 N–H and O–H groups in total. The van der Waals surface area contributed by atoms with Crippen molar-refractivity contribution < 1.29 is 0 Å². The summed E-state index contributed by atoms with van der Waals surface area (Å²) in [6, 6.07) is 0. The predicted molar refractivity (Wildman–Crippen MR) is 56.4 cm³/mol. The molecule has 0 bridgehead atoms. The average Bonchev–Trinajstić information content (AvgIpc) is 2.48. The third-order valence-corrected chi connectivity index (χ3v) is 1.87. The lowest BCUT2D eigenvalue weighted by Gasteiger charge is -2.05. The summed E-state index contributed by atoms with van der Waals surface area (Å²) in [5.74, 6) is 0.686. The zero-order valence-corrected chi connectivity index (χ0v) is 8.70. The predicted octanol–water partition coefficient (Wildman–Crippen LogP) is 2.96. The van der Waals surface area contributed by atoms with Crippen LogP contribution in [-0.4, -0.2) is 9.55 Å². The van der Waals surface area contributed by atoms with Gasteiger partial charge in [0.15, 0.2) is 0 Å². The zero-order valence-electron chi connectivity index (χ0n) is 8.70. The molecule has 1 aromatic rings. The molecule has 13 heavy (non-hydrogen) atoms. The van der Waals surface area contributed by atoms with Gasteiger partial charge in [0, 0.05) is 18.1 Å². The van der Waals surface area contributed by atoms with Gasteiger partial charge in [-0.25, -0.2) is 4.98 Å². The van der Waals surface area contributed by atoms with E-state index in [9.17, 15) is 0 Å². The molecule has 0 atom stereocenters. The van der Waals surface area contributed by atoms with Gasteiger partial charge in [-0.2, -0.15) is 0 Å². The van der Waals surface area contributed by atoms with Crippen molar-refractivity contribution in [1.82, 2.24) is 9.55 Å². The maximum absolute atomic E-state index is 4.14. The Kier molecular flexibility index (Phi) is 3.74. The molecule has 1 heterocycles. The van der Waals surface area contributed by atoms with Crippen LogP contribution in [0.25, 0.3) is 6.20 Å². The van der Waals surface area contributed by atoms with Crippen LogP contribution in [0.3, 0.4) is 0 Å². The first-order valence-electron chi connectivity index (χ1n) is 4.91. The first-order chi connectivity index (χ1) is 6.24. The van der Waals surface area contributed by atoms with Gasteiger partial charge in [-0.1, -0.05) is 26.8 Å². The van der Waals surface area contributed by atoms with E-state index in [4.69, 9.17) is 0 Å². The van der Waals surface area contributed by atoms with E-state index in [0.29, 0.717) is 5.92 Å². The summed E-state index contributed by atoms with van der Waals surface area (Å²) in [4.78, 5) is 4.14. The molecular formula is C11H18N2. The van der Waals surface area contributed by atoms with Gasteiger partial charge in [0.2, 0.25) is 0 Å². The van der Waals surface area contributed by atoms with E-state index in [-0.39, 0.29) is 0 Å². The quantitative estimate of drug-likeness (QED) is 0.693. The summed E-state index contributed by atoms with van der Waals surface area (Å²) < 4.78 is 2.10. The lowest BCUT2D eigenvalue weighted by molar-refractivity contribution is 0.630. The van der Waals surface area contributed by atoms with E-state index >= 15 is 0 Å². The topological polar surface area (TPSA) is 17.8 Å². The second-order valence-electron chi connectivity index (χ2n) is 3.68. The third-order valence-electron chi connectivity index (χ3n) is 1.87. The first kappa shape index (κ1) is 10.0. The molecule has 2 nitrogen and oxygen atoms in total. The Morgan fingerprint density at radius 1 is 1.54 bits per heavy atom. The van der Waals surface area contributed by atoms with Crippen LogP contribution in [0, 0.1) is 5.92 Å². The highest BCUT2D eigenvalue weighted by atomic mass is 15.0. The Morgan fingerprint density at radius 2 is 2.31 bits per heavy atom. The summed E-state index contributed by atoms with van der Waals surface area (Å²) in [5, 5.41) is 0. The van der Waals surface area contributed by atoms with Gasteiger partial charge in [0.05, 0.1) is 6.33 Å². The van der Waals surface area contributed by atoms with Crippen LogP contribution in [0.5, 0.6) is 0 Å². The summed E-state index contributed by atoms with van der Waals surface area (Å²) in [6.45, 7) is 6.58. The van der Waals surface area contributed by atoms with E-state index in [1.807, 2.05) is 12.5 Å². The standard InChI is InChI=1S/C11H18N2/c1-4-5-6-13-9-12-8-11(13)7-10(2)3/h5-6,8-10H,4,7H2,1-3H3/b6-5+. The molecule has 0 unspecified atom stereocenters. The minimum Gasteiger partial charge on any atom is -0.310 e. The molecule has 2 heteroatoms. The molecule has 0 saturated carbocycles. The highest BCUT2D eigenvalue weighted by Gasteiger charge is 2.01. The van der Waals surface area contributed by atoms with Crippen molar-refractivity contribution in [3.63, 3.8) is 0 Å². The number of hydrogen-bond acceptors (Lipinski definition) is 1. The molecule has 0 amide bonds. The fourth-order valence-electron chi connectivity index (χ4n) is 1.26. The van der Waals surface area contributed by atoms with Crippen molar-refractivity contribution >= 4 is 6.20 Å². The van der Waals surface area contributed by atoms with Crippen molar-refractivity contribution in [2.45, 2.75) is 33.6 Å². The number of hydrogen-bond donors (Lipinski definition) is 0. The van der Waals surface area contributed by atoms with Crippen LogP contribution in [0.2, 0.25) is 0 Å². The molecule has 0 spiro atoms. The summed E-state index contributed by atoms with van der Waals surface area (Å²) in [6.07, 6.45) is 10.2. The van der Waals surface area contributed by atoms with Crippen LogP contribution in [0.4, 0.5) is 0 Å². The monoisotopic (exact) mass is 178 g/mol. The molecule has 0 aromatic carbocycles. The van der Waals surface area contributed by atoms with Crippen LogP contribution < -0.4 is 0 Å². The van der Waals surface area contributed by atoms with E-state index in [2.05, 4.69) is 42.6 Å². The van der Waals surface area contributed by atoms with E-state index < -0.39 is 0 Å². The van der Waals surface area contributed by atoms with Gasteiger partial charge in [-0.15, -0.1) is 0 Å². The van der Waals surface area contributed by atoms with Crippen LogP contribution >= 0.6 is 0 Å². The fourth-order valence-corrected chi connectivity index (χ4v) is 1.26. The Labute approximate surface area is 80.3 Å². The molecule has 0 aliphatic rings. The minimum atomic E-state index is 0.686.